The van der Waals surface area contributed by atoms with Gasteiger partial charge in [0.25, 0.3) is 5.91 Å². The molecule has 0 aliphatic carbocycles. The van der Waals surface area contributed by atoms with Crippen LogP contribution in [0.25, 0.3) is 0 Å². The van der Waals surface area contributed by atoms with Crippen molar-refractivity contribution in [3.8, 4) is 0 Å². The highest BCUT2D eigenvalue weighted by atomic mass is 16.5. The molecule has 1 fully saturated rings. The SMILES string of the molecule is CCOC(=O)[C@@H]1C(=O)NC(N2CCN(C(=O)c3ccco3)CC2)=N[C@H]1c1ccc(C)cc1. The highest BCUT2D eigenvalue weighted by Crippen LogP contribution is 2.31. The van der Waals surface area contributed by atoms with Gasteiger partial charge in [-0.2, -0.15) is 0 Å². The number of esters is 1. The molecular formula is C23H26N4O5. The molecule has 0 spiro atoms. The van der Waals surface area contributed by atoms with E-state index in [2.05, 4.69) is 5.32 Å². The van der Waals surface area contributed by atoms with Crippen LogP contribution in [0.5, 0.6) is 0 Å². The first kappa shape index (κ1) is 21.6. The van der Waals surface area contributed by atoms with E-state index in [1.807, 2.05) is 36.1 Å². The Morgan fingerprint density at radius 1 is 1.16 bits per heavy atom. The van der Waals surface area contributed by atoms with E-state index in [0.29, 0.717) is 37.9 Å². The quantitative estimate of drug-likeness (QED) is 0.576. The second-order valence-corrected chi connectivity index (χ2v) is 7.78. The second-order valence-electron chi connectivity index (χ2n) is 7.78. The van der Waals surface area contributed by atoms with Crippen LogP contribution in [0, 0.1) is 12.8 Å². The highest BCUT2D eigenvalue weighted by Gasteiger charge is 2.42. The molecule has 0 bridgehead atoms. The van der Waals surface area contributed by atoms with Gasteiger partial charge in [0.15, 0.2) is 11.7 Å². The van der Waals surface area contributed by atoms with Gasteiger partial charge in [0.05, 0.1) is 12.9 Å². The molecule has 2 aliphatic rings. The molecule has 0 radical (unpaired) electrons. The van der Waals surface area contributed by atoms with Gasteiger partial charge < -0.3 is 19.0 Å². The number of amides is 2. The lowest BCUT2D eigenvalue weighted by atomic mass is 9.91. The molecular weight excluding hydrogens is 412 g/mol. The van der Waals surface area contributed by atoms with Crippen LogP contribution in [0.3, 0.4) is 0 Å². The summed E-state index contributed by atoms with van der Waals surface area (Å²) >= 11 is 0. The summed E-state index contributed by atoms with van der Waals surface area (Å²) in [5, 5.41) is 2.77. The number of carbonyl (C=O) groups excluding carboxylic acids is 3. The van der Waals surface area contributed by atoms with Gasteiger partial charge in [-0.05, 0) is 31.5 Å². The predicted octanol–water partition coefficient (Wildman–Crippen LogP) is 1.75. The number of hydrogen-bond acceptors (Lipinski definition) is 7. The van der Waals surface area contributed by atoms with Gasteiger partial charge in [0.2, 0.25) is 11.9 Å². The number of benzene rings is 1. The Morgan fingerprint density at radius 3 is 2.50 bits per heavy atom. The first-order valence-corrected chi connectivity index (χ1v) is 10.7. The molecule has 0 unspecified atom stereocenters. The molecule has 9 nitrogen and oxygen atoms in total. The molecule has 1 saturated heterocycles. The van der Waals surface area contributed by atoms with E-state index in [1.54, 1.807) is 24.0 Å². The van der Waals surface area contributed by atoms with Crippen molar-refractivity contribution in [3.63, 3.8) is 0 Å². The molecule has 1 aromatic heterocycles. The fourth-order valence-corrected chi connectivity index (χ4v) is 3.91. The van der Waals surface area contributed by atoms with Crippen LogP contribution < -0.4 is 5.32 Å². The summed E-state index contributed by atoms with van der Waals surface area (Å²) in [5.41, 5.74) is 1.84. The third kappa shape index (κ3) is 4.37. The maximum absolute atomic E-state index is 12.9. The highest BCUT2D eigenvalue weighted by molar-refractivity contribution is 6.08. The number of nitrogens with one attached hydrogen (secondary N) is 1. The Labute approximate surface area is 186 Å². The van der Waals surface area contributed by atoms with Crippen LogP contribution in [0.1, 0.15) is 34.6 Å². The number of guanidine groups is 1. The van der Waals surface area contributed by atoms with Crippen LogP contribution in [0.4, 0.5) is 0 Å². The summed E-state index contributed by atoms with van der Waals surface area (Å²) < 4.78 is 10.3. The first-order valence-electron chi connectivity index (χ1n) is 10.7. The Balaban J connectivity index is 1.54. The van der Waals surface area contributed by atoms with Crippen LogP contribution in [0.2, 0.25) is 0 Å². The molecule has 168 valence electrons. The fourth-order valence-electron chi connectivity index (χ4n) is 3.91. The zero-order valence-corrected chi connectivity index (χ0v) is 18.1. The molecule has 0 saturated carbocycles. The summed E-state index contributed by atoms with van der Waals surface area (Å²) in [6, 6.07) is 10.3. The van der Waals surface area contributed by atoms with Gasteiger partial charge >= 0.3 is 5.97 Å². The van der Waals surface area contributed by atoms with Crippen molar-refractivity contribution in [2.45, 2.75) is 19.9 Å². The van der Waals surface area contributed by atoms with Crippen molar-refractivity contribution >= 4 is 23.7 Å². The molecule has 2 amide bonds. The summed E-state index contributed by atoms with van der Waals surface area (Å²) in [5.74, 6) is -1.53. The van der Waals surface area contributed by atoms with E-state index in [9.17, 15) is 14.4 Å². The normalized spacial score (nSPS) is 21.1. The molecule has 2 aromatic rings. The van der Waals surface area contributed by atoms with Crippen molar-refractivity contribution in [1.82, 2.24) is 15.1 Å². The van der Waals surface area contributed by atoms with Crippen LogP contribution >= 0.6 is 0 Å². The first-order chi connectivity index (χ1) is 15.5. The minimum Gasteiger partial charge on any atom is -0.465 e. The maximum Gasteiger partial charge on any atom is 0.321 e. The van der Waals surface area contributed by atoms with Crippen molar-refractivity contribution < 1.29 is 23.5 Å². The molecule has 9 heteroatoms. The number of carbonyl (C=O) groups is 3. The Hall–Kier alpha value is -3.62. The van der Waals surface area contributed by atoms with Gasteiger partial charge in [0.1, 0.15) is 6.04 Å². The number of aliphatic imine (C=N–C) groups is 1. The number of ether oxygens (including phenoxy) is 1. The molecule has 2 aliphatic heterocycles. The number of nitrogens with zero attached hydrogens (tertiary/aromatic N) is 3. The number of rotatable bonds is 4. The minimum absolute atomic E-state index is 0.163. The third-order valence-electron chi connectivity index (χ3n) is 5.65. The summed E-state index contributed by atoms with van der Waals surface area (Å²) in [6.07, 6.45) is 1.47. The van der Waals surface area contributed by atoms with Gasteiger partial charge in [0, 0.05) is 26.2 Å². The van der Waals surface area contributed by atoms with Crippen molar-refractivity contribution in [2.75, 3.05) is 32.8 Å². The minimum atomic E-state index is -1.05. The van der Waals surface area contributed by atoms with E-state index in [1.165, 1.54) is 6.26 Å². The number of hydrogen-bond donors (Lipinski definition) is 1. The van der Waals surface area contributed by atoms with E-state index in [-0.39, 0.29) is 12.5 Å². The predicted molar refractivity (Wildman–Crippen MR) is 116 cm³/mol. The molecule has 32 heavy (non-hydrogen) atoms. The average Bonchev–Trinajstić information content (AvgIpc) is 3.34. The van der Waals surface area contributed by atoms with Gasteiger partial charge in [-0.15, -0.1) is 0 Å². The Morgan fingerprint density at radius 2 is 1.88 bits per heavy atom. The Bertz CT molecular complexity index is 1010. The monoisotopic (exact) mass is 438 g/mol. The largest absolute Gasteiger partial charge is 0.465 e. The summed E-state index contributed by atoms with van der Waals surface area (Å²) in [6.45, 7) is 5.78. The molecule has 3 heterocycles. The van der Waals surface area contributed by atoms with Gasteiger partial charge in [-0.3, -0.25) is 19.7 Å². The Kier molecular flexibility index (Phi) is 6.25. The molecule has 4 rings (SSSR count). The standard InChI is InChI=1S/C23H26N4O5/c1-3-31-22(30)18-19(16-8-6-15(2)7-9-16)24-23(25-20(18)28)27-12-10-26(11-13-27)21(29)17-5-4-14-32-17/h4-9,14,18-19H,3,10-13H2,1-2H3,(H,24,25,28)/t18-,19-/m0/s1. The van der Waals surface area contributed by atoms with Crippen LogP contribution in [-0.4, -0.2) is 66.3 Å². The zero-order valence-electron chi connectivity index (χ0n) is 18.1. The number of furan rings is 1. The van der Waals surface area contributed by atoms with E-state index in [4.69, 9.17) is 14.1 Å². The van der Waals surface area contributed by atoms with Crippen molar-refractivity contribution in [1.29, 1.82) is 0 Å². The number of piperazine rings is 1. The topological polar surface area (TPSA) is 104 Å². The van der Waals surface area contributed by atoms with Crippen molar-refractivity contribution in [3.05, 3.63) is 59.5 Å². The van der Waals surface area contributed by atoms with Gasteiger partial charge in [-0.1, -0.05) is 29.8 Å². The molecule has 1 N–H and O–H groups in total. The summed E-state index contributed by atoms with van der Waals surface area (Å²) in [7, 11) is 0. The average molecular weight is 438 g/mol. The summed E-state index contributed by atoms with van der Waals surface area (Å²) in [4.78, 5) is 46.4. The zero-order chi connectivity index (χ0) is 22.7. The van der Waals surface area contributed by atoms with Crippen LogP contribution in [0.15, 0.2) is 52.1 Å². The van der Waals surface area contributed by atoms with Crippen LogP contribution in [-0.2, 0) is 14.3 Å². The van der Waals surface area contributed by atoms with E-state index in [0.717, 1.165) is 11.1 Å². The fraction of sp³-hybridized carbons (Fsp3) is 0.391. The lowest BCUT2D eigenvalue weighted by molar-refractivity contribution is -0.153. The smallest absolute Gasteiger partial charge is 0.321 e. The van der Waals surface area contributed by atoms with E-state index >= 15 is 0 Å². The lowest BCUT2D eigenvalue weighted by Crippen LogP contribution is -2.58. The van der Waals surface area contributed by atoms with E-state index < -0.39 is 23.8 Å². The maximum atomic E-state index is 12.9. The number of aryl methyl sites for hydroxylation is 1. The molecule has 1 aromatic carbocycles. The second kappa shape index (κ2) is 9.25. The molecule has 2 atom stereocenters. The third-order valence-corrected chi connectivity index (χ3v) is 5.65. The lowest BCUT2D eigenvalue weighted by Gasteiger charge is -2.38. The van der Waals surface area contributed by atoms with Gasteiger partial charge in [-0.25, -0.2) is 4.99 Å². The van der Waals surface area contributed by atoms with Crippen molar-refractivity contribution in [2.24, 2.45) is 10.9 Å².